The molecular formula is C24H30N2O4. The second-order valence-electron chi connectivity index (χ2n) is 8.31. The molecule has 2 heterocycles. The van der Waals surface area contributed by atoms with Gasteiger partial charge in [-0.1, -0.05) is 30.3 Å². The van der Waals surface area contributed by atoms with Crippen LogP contribution < -0.4 is 15.0 Å². The maximum absolute atomic E-state index is 12.5. The van der Waals surface area contributed by atoms with Crippen molar-refractivity contribution >= 4 is 11.6 Å². The van der Waals surface area contributed by atoms with Gasteiger partial charge in [0.1, 0.15) is 18.0 Å². The Morgan fingerprint density at radius 1 is 1.20 bits per heavy atom. The minimum absolute atomic E-state index is 0.0211. The Morgan fingerprint density at radius 2 is 2.00 bits per heavy atom. The molecule has 0 aliphatic carbocycles. The van der Waals surface area contributed by atoms with Crippen molar-refractivity contribution in [1.29, 1.82) is 0 Å². The molecule has 0 bridgehead atoms. The summed E-state index contributed by atoms with van der Waals surface area (Å²) < 4.78 is 12.2. The number of carbonyl (C=O) groups excluding carboxylic acids is 1. The highest BCUT2D eigenvalue weighted by molar-refractivity contribution is 5.76. The van der Waals surface area contributed by atoms with Crippen molar-refractivity contribution in [1.82, 2.24) is 5.32 Å². The molecule has 1 amide bonds. The number of hydrogen-bond acceptors (Lipinski definition) is 5. The quantitative estimate of drug-likeness (QED) is 0.734. The third-order valence-corrected chi connectivity index (χ3v) is 5.99. The topological polar surface area (TPSA) is 71.0 Å². The van der Waals surface area contributed by atoms with Crippen LogP contribution in [-0.4, -0.2) is 56.6 Å². The molecule has 2 aromatic carbocycles. The lowest BCUT2D eigenvalue weighted by Gasteiger charge is -2.37. The number of aliphatic hydroxyl groups excluding tert-OH is 1. The minimum atomic E-state index is -0.430. The Morgan fingerprint density at radius 3 is 2.73 bits per heavy atom. The molecule has 2 aromatic rings. The summed E-state index contributed by atoms with van der Waals surface area (Å²) in [5, 5.41) is 12.9. The Bertz CT molecular complexity index is 871. The second-order valence-corrected chi connectivity index (χ2v) is 8.31. The molecule has 2 N–H and O–H groups in total. The van der Waals surface area contributed by atoms with Crippen molar-refractivity contribution in [3.05, 3.63) is 59.7 Å². The fourth-order valence-electron chi connectivity index (χ4n) is 4.42. The molecule has 1 saturated heterocycles. The number of hydrogen-bond donors (Lipinski definition) is 2. The summed E-state index contributed by atoms with van der Waals surface area (Å²) in [6.45, 7) is 0.477. The van der Waals surface area contributed by atoms with Gasteiger partial charge in [-0.05, 0) is 36.6 Å². The first-order chi connectivity index (χ1) is 14.5. The van der Waals surface area contributed by atoms with Crippen molar-refractivity contribution in [2.24, 2.45) is 0 Å². The maximum atomic E-state index is 12.5. The Kier molecular flexibility index (Phi) is 6.25. The number of amides is 1. The average Bonchev–Trinajstić information content (AvgIpc) is 3.11. The van der Waals surface area contributed by atoms with E-state index in [9.17, 15) is 9.90 Å². The van der Waals surface area contributed by atoms with Gasteiger partial charge in [-0.15, -0.1) is 0 Å². The molecule has 2 aliphatic heterocycles. The molecule has 1 fully saturated rings. The third kappa shape index (κ3) is 4.45. The lowest BCUT2D eigenvalue weighted by molar-refractivity contribution is -0.142. The van der Waals surface area contributed by atoms with Gasteiger partial charge < -0.3 is 24.8 Å². The molecule has 6 heteroatoms. The molecule has 0 unspecified atom stereocenters. The van der Waals surface area contributed by atoms with Crippen LogP contribution in [0.25, 0.3) is 0 Å². The van der Waals surface area contributed by atoms with Crippen molar-refractivity contribution in [2.45, 2.75) is 43.5 Å². The lowest BCUT2D eigenvalue weighted by atomic mass is 9.84. The highest BCUT2D eigenvalue weighted by Crippen LogP contribution is 2.47. The van der Waals surface area contributed by atoms with E-state index < -0.39 is 6.10 Å². The largest absolute Gasteiger partial charge is 0.487 e. The van der Waals surface area contributed by atoms with E-state index in [1.165, 1.54) is 5.56 Å². The van der Waals surface area contributed by atoms with Crippen molar-refractivity contribution in [2.75, 3.05) is 32.1 Å². The SMILES string of the molecule is CN(C)c1ccc2c(c1)[C@H]1C[C@H](CC(=O)NCCc3ccccc3)O[C@H](CO)[C@H]1O2. The van der Waals surface area contributed by atoms with E-state index in [-0.39, 0.29) is 37.1 Å². The molecule has 0 spiro atoms. The molecule has 0 radical (unpaired) electrons. The van der Waals surface area contributed by atoms with Gasteiger partial charge in [0.15, 0.2) is 0 Å². The van der Waals surface area contributed by atoms with Crippen LogP contribution in [0.15, 0.2) is 48.5 Å². The first-order valence-corrected chi connectivity index (χ1v) is 10.6. The second kappa shape index (κ2) is 9.06. The average molecular weight is 411 g/mol. The van der Waals surface area contributed by atoms with E-state index in [0.717, 1.165) is 23.4 Å². The van der Waals surface area contributed by atoms with Gasteiger partial charge in [-0.2, -0.15) is 0 Å². The van der Waals surface area contributed by atoms with Gasteiger partial charge in [-0.3, -0.25) is 4.79 Å². The van der Waals surface area contributed by atoms with Crippen LogP contribution in [-0.2, 0) is 16.0 Å². The standard InChI is InChI=1S/C24H30N2O4/c1-26(2)17-8-9-21-19(12-17)20-13-18(29-22(15-27)24(20)30-21)14-23(28)25-11-10-16-6-4-3-5-7-16/h3-9,12,18,20,22,24,27H,10-11,13-15H2,1-2H3,(H,25,28)/t18-,20-,22-,24+/m1/s1. The first kappa shape index (κ1) is 20.7. The highest BCUT2D eigenvalue weighted by Gasteiger charge is 2.46. The number of fused-ring (bicyclic) bond motifs is 3. The summed E-state index contributed by atoms with van der Waals surface area (Å²) in [6.07, 6.45) is 0.920. The lowest BCUT2D eigenvalue weighted by Crippen LogP contribution is -2.47. The molecule has 4 atom stereocenters. The zero-order valence-corrected chi connectivity index (χ0v) is 17.6. The van der Waals surface area contributed by atoms with Gasteiger partial charge in [0.05, 0.1) is 19.1 Å². The smallest absolute Gasteiger partial charge is 0.222 e. The number of nitrogens with one attached hydrogen (secondary N) is 1. The number of benzene rings is 2. The van der Waals surface area contributed by atoms with E-state index in [0.29, 0.717) is 13.0 Å². The first-order valence-electron chi connectivity index (χ1n) is 10.6. The van der Waals surface area contributed by atoms with Crippen molar-refractivity contribution in [3.63, 3.8) is 0 Å². The number of ether oxygens (including phenoxy) is 2. The summed E-state index contributed by atoms with van der Waals surface area (Å²) in [6, 6.07) is 16.3. The molecule has 4 rings (SSSR count). The normalized spacial score (nSPS) is 24.5. The van der Waals surface area contributed by atoms with E-state index >= 15 is 0 Å². The van der Waals surface area contributed by atoms with E-state index in [4.69, 9.17) is 9.47 Å². The van der Waals surface area contributed by atoms with Gasteiger partial charge in [0.2, 0.25) is 5.91 Å². The van der Waals surface area contributed by atoms with Crippen LogP contribution in [0.4, 0.5) is 5.69 Å². The predicted molar refractivity (Wildman–Crippen MR) is 116 cm³/mol. The molecule has 0 aromatic heterocycles. The van der Waals surface area contributed by atoms with E-state index in [1.807, 2.05) is 44.4 Å². The predicted octanol–water partition coefficient (Wildman–Crippen LogP) is 2.50. The van der Waals surface area contributed by atoms with E-state index in [1.54, 1.807) is 0 Å². The molecular weight excluding hydrogens is 380 g/mol. The van der Waals surface area contributed by atoms with E-state index in [2.05, 4.69) is 28.4 Å². The zero-order valence-electron chi connectivity index (χ0n) is 17.6. The maximum Gasteiger partial charge on any atom is 0.222 e. The van der Waals surface area contributed by atoms with Gasteiger partial charge in [0.25, 0.3) is 0 Å². The summed E-state index contributed by atoms with van der Waals surface area (Å²) in [4.78, 5) is 14.5. The van der Waals surface area contributed by atoms with Crippen LogP contribution in [0.1, 0.15) is 29.9 Å². The van der Waals surface area contributed by atoms with Crippen molar-refractivity contribution < 1.29 is 19.4 Å². The molecule has 160 valence electrons. The van der Waals surface area contributed by atoms with Crippen molar-refractivity contribution in [3.8, 4) is 5.75 Å². The van der Waals surface area contributed by atoms with Gasteiger partial charge >= 0.3 is 0 Å². The Hall–Kier alpha value is -2.57. The fraction of sp³-hybridized carbons (Fsp3) is 0.458. The van der Waals surface area contributed by atoms with Crippen LogP contribution in [0.3, 0.4) is 0 Å². The molecule has 2 aliphatic rings. The van der Waals surface area contributed by atoms with Crippen LogP contribution >= 0.6 is 0 Å². The van der Waals surface area contributed by atoms with Gasteiger partial charge in [-0.25, -0.2) is 0 Å². The number of carbonyl (C=O) groups is 1. The minimum Gasteiger partial charge on any atom is -0.487 e. The number of rotatable bonds is 7. The zero-order chi connectivity index (χ0) is 21.1. The summed E-state index contributed by atoms with van der Waals surface area (Å²) >= 11 is 0. The summed E-state index contributed by atoms with van der Waals surface area (Å²) in [5.74, 6) is 0.950. The number of aliphatic hydroxyl groups is 1. The molecule has 0 saturated carbocycles. The molecule has 6 nitrogen and oxygen atoms in total. The van der Waals surface area contributed by atoms with Crippen LogP contribution in [0.2, 0.25) is 0 Å². The Labute approximate surface area is 177 Å². The fourth-order valence-corrected chi connectivity index (χ4v) is 4.42. The van der Waals surface area contributed by atoms with Crippen LogP contribution in [0, 0.1) is 0 Å². The van der Waals surface area contributed by atoms with Gasteiger partial charge in [0, 0.05) is 37.8 Å². The number of anilines is 1. The van der Waals surface area contributed by atoms with Crippen LogP contribution in [0.5, 0.6) is 5.75 Å². The third-order valence-electron chi connectivity index (χ3n) is 5.99. The molecule has 30 heavy (non-hydrogen) atoms. The summed E-state index contributed by atoms with van der Waals surface area (Å²) in [5.41, 5.74) is 3.45. The Balaban J connectivity index is 1.38. The number of nitrogens with zero attached hydrogens (tertiary/aromatic N) is 1. The highest BCUT2D eigenvalue weighted by atomic mass is 16.6. The monoisotopic (exact) mass is 410 g/mol. The summed E-state index contributed by atoms with van der Waals surface area (Å²) in [7, 11) is 4.02.